The van der Waals surface area contributed by atoms with Gasteiger partial charge in [-0.15, -0.1) is 6.58 Å². The van der Waals surface area contributed by atoms with Gasteiger partial charge in [0.05, 0.1) is 12.2 Å². The molecule has 1 rings (SSSR count). The summed E-state index contributed by atoms with van der Waals surface area (Å²) in [6, 6.07) is 1.39. The summed E-state index contributed by atoms with van der Waals surface area (Å²) >= 11 is 1.36. The van der Waals surface area contributed by atoms with E-state index in [1.807, 2.05) is 20.1 Å². The van der Waals surface area contributed by atoms with Crippen LogP contribution in [0.5, 0.6) is 0 Å². The van der Waals surface area contributed by atoms with Crippen LogP contribution >= 0.6 is 11.8 Å². The van der Waals surface area contributed by atoms with Gasteiger partial charge in [-0.3, -0.25) is 9.59 Å². The van der Waals surface area contributed by atoms with Crippen molar-refractivity contribution in [2.24, 2.45) is 5.92 Å². The number of H-pyrrole nitrogens is 1. The van der Waals surface area contributed by atoms with Crippen molar-refractivity contribution in [1.29, 1.82) is 0 Å². The van der Waals surface area contributed by atoms with Crippen LogP contribution in [-0.4, -0.2) is 22.1 Å². The first kappa shape index (κ1) is 15.5. The summed E-state index contributed by atoms with van der Waals surface area (Å²) in [4.78, 5) is 30.0. The van der Waals surface area contributed by atoms with Crippen molar-refractivity contribution in [2.75, 3.05) is 6.26 Å². The number of aromatic nitrogens is 2. The van der Waals surface area contributed by atoms with Crippen LogP contribution in [0, 0.1) is 5.92 Å². The molecule has 1 amide bonds. The molecule has 0 bridgehead atoms. The van der Waals surface area contributed by atoms with E-state index in [1.54, 1.807) is 0 Å². The number of hydrogen-bond donors (Lipinski definition) is 2. The van der Waals surface area contributed by atoms with Gasteiger partial charge >= 0.3 is 0 Å². The van der Waals surface area contributed by atoms with Crippen LogP contribution in [0.2, 0.25) is 0 Å². The number of carbonyl (C=O) groups excluding carboxylic acids is 1. The van der Waals surface area contributed by atoms with Crippen LogP contribution in [-0.2, 0) is 11.3 Å². The molecule has 0 fully saturated rings. The first-order valence-corrected chi connectivity index (χ1v) is 7.21. The maximum Gasteiger partial charge on any atom is 0.251 e. The monoisotopic (exact) mass is 281 g/mol. The largest absolute Gasteiger partial charge is 0.350 e. The van der Waals surface area contributed by atoms with Gasteiger partial charge in [-0.2, -0.15) is 0 Å². The van der Waals surface area contributed by atoms with Crippen molar-refractivity contribution in [1.82, 2.24) is 15.3 Å². The summed E-state index contributed by atoms with van der Waals surface area (Å²) in [5.74, 6) is -0.185. The summed E-state index contributed by atoms with van der Waals surface area (Å²) in [6.45, 7) is 7.80. The van der Waals surface area contributed by atoms with Gasteiger partial charge in [0.1, 0.15) is 0 Å². The minimum Gasteiger partial charge on any atom is -0.350 e. The third-order valence-corrected chi connectivity index (χ3v) is 3.09. The average Bonchev–Trinajstić information content (AvgIpc) is 2.34. The van der Waals surface area contributed by atoms with E-state index in [4.69, 9.17) is 0 Å². The van der Waals surface area contributed by atoms with E-state index in [-0.39, 0.29) is 23.9 Å². The highest BCUT2D eigenvalue weighted by Gasteiger charge is 2.12. The quantitative estimate of drug-likeness (QED) is 0.473. The molecule has 1 aromatic rings. The Morgan fingerprint density at radius 3 is 2.89 bits per heavy atom. The minimum absolute atomic E-state index is 0.0595. The zero-order chi connectivity index (χ0) is 14.4. The molecule has 2 N–H and O–H groups in total. The maximum atomic E-state index is 11.8. The fourth-order valence-corrected chi connectivity index (χ4v) is 2.05. The number of amides is 1. The molecule has 104 valence electrons. The Morgan fingerprint density at radius 2 is 2.32 bits per heavy atom. The SMILES string of the molecule is C=C(C)CC(C)C(=O)NCc1cc(=O)[nH]c(SC)n1. The molecule has 0 saturated carbocycles. The summed E-state index contributed by atoms with van der Waals surface area (Å²) in [5.41, 5.74) is 1.32. The lowest BCUT2D eigenvalue weighted by molar-refractivity contribution is -0.124. The molecule has 0 saturated heterocycles. The molecule has 0 aliphatic rings. The first-order chi connectivity index (χ1) is 8.92. The Bertz CT molecular complexity index is 525. The van der Waals surface area contributed by atoms with E-state index >= 15 is 0 Å². The Kier molecular flexibility index (Phi) is 5.82. The van der Waals surface area contributed by atoms with Gasteiger partial charge in [0.15, 0.2) is 5.16 Å². The van der Waals surface area contributed by atoms with E-state index in [9.17, 15) is 9.59 Å². The summed E-state index contributed by atoms with van der Waals surface area (Å²) in [6.07, 6.45) is 2.49. The van der Waals surface area contributed by atoms with Crippen LogP contribution in [0.1, 0.15) is 26.0 Å². The second-order valence-corrected chi connectivity index (χ2v) is 5.32. The smallest absolute Gasteiger partial charge is 0.251 e. The molecule has 0 radical (unpaired) electrons. The molecule has 1 unspecified atom stereocenters. The number of carbonyl (C=O) groups is 1. The van der Waals surface area contributed by atoms with Gasteiger partial charge in [0.2, 0.25) is 5.91 Å². The fourth-order valence-electron chi connectivity index (χ4n) is 1.64. The summed E-state index contributed by atoms with van der Waals surface area (Å²) < 4.78 is 0. The fraction of sp³-hybridized carbons (Fsp3) is 0.462. The van der Waals surface area contributed by atoms with Crippen LogP contribution in [0.15, 0.2) is 28.2 Å². The third kappa shape index (κ3) is 5.30. The predicted molar refractivity (Wildman–Crippen MR) is 77.1 cm³/mol. The molecule has 0 aromatic carbocycles. The van der Waals surface area contributed by atoms with Crippen molar-refractivity contribution in [3.63, 3.8) is 0 Å². The van der Waals surface area contributed by atoms with Crippen LogP contribution in [0.4, 0.5) is 0 Å². The molecule has 0 aliphatic carbocycles. The van der Waals surface area contributed by atoms with Gasteiger partial charge in [0, 0.05) is 12.0 Å². The number of allylic oxidation sites excluding steroid dienone is 1. The number of hydrogen-bond acceptors (Lipinski definition) is 4. The highest BCUT2D eigenvalue weighted by molar-refractivity contribution is 7.98. The van der Waals surface area contributed by atoms with Gasteiger partial charge in [-0.1, -0.05) is 24.3 Å². The number of nitrogens with zero attached hydrogens (tertiary/aromatic N) is 1. The second-order valence-electron chi connectivity index (χ2n) is 4.53. The van der Waals surface area contributed by atoms with E-state index in [0.29, 0.717) is 17.3 Å². The second kappa shape index (κ2) is 7.13. The predicted octanol–water partition coefficient (Wildman–Crippen LogP) is 1.71. The van der Waals surface area contributed by atoms with Gasteiger partial charge < -0.3 is 10.3 Å². The molecule has 1 heterocycles. The van der Waals surface area contributed by atoms with Crippen molar-refractivity contribution >= 4 is 17.7 Å². The summed E-state index contributed by atoms with van der Waals surface area (Å²) in [5, 5.41) is 3.33. The van der Waals surface area contributed by atoms with Crippen molar-refractivity contribution in [3.8, 4) is 0 Å². The highest BCUT2D eigenvalue weighted by atomic mass is 32.2. The molecular formula is C13H19N3O2S. The van der Waals surface area contributed by atoms with E-state index < -0.39 is 0 Å². The van der Waals surface area contributed by atoms with Crippen LogP contribution in [0.25, 0.3) is 0 Å². The Hall–Kier alpha value is -1.56. The Balaban J connectivity index is 2.61. The Morgan fingerprint density at radius 1 is 1.63 bits per heavy atom. The summed E-state index contributed by atoms with van der Waals surface area (Å²) in [7, 11) is 0. The molecule has 6 heteroatoms. The lowest BCUT2D eigenvalue weighted by Crippen LogP contribution is -2.29. The molecule has 19 heavy (non-hydrogen) atoms. The standard InChI is InChI=1S/C13H19N3O2S/c1-8(2)5-9(3)12(18)14-7-10-6-11(17)16-13(15-10)19-4/h6,9H,1,5,7H2,2-4H3,(H,14,18)(H,15,16,17). The van der Waals surface area contributed by atoms with Crippen LogP contribution < -0.4 is 10.9 Å². The first-order valence-electron chi connectivity index (χ1n) is 5.98. The van der Waals surface area contributed by atoms with Gasteiger partial charge in [0.25, 0.3) is 5.56 Å². The molecule has 0 aliphatic heterocycles. The van der Waals surface area contributed by atoms with E-state index in [0.717, 1.165) is 5.57 Å². The molecular weight excluding hydrogens is 262 g/mol. The molecule has 5 nitrogen and oxygen atoms in total. The zero-order valence-corrected chi connectivity index (χ0v) is 12.3. The molecule has 0 spiro atoms. The lowest BCUT2D eigenvalue weighted by Gasteiger charge is -2.11. The number of rotatable bonds is 6. The van der Waals surface area contributed by atoms with Crippen molar-refractivity contribution in [2.45, 2.75) is 32.0 Å². The average molecular weight is 281 g/mol. The number of aromatic amines is 1. The van der Waals surface area contributed by atoms with Crippen LogP contribution in [0.3, 0.4) is 0 Å². The normalized spacial score (nSPS) is 11.9. The topological polar surface area (TPSA) is 74.8 Å². The third-order valence-electron chi connectivity index (χ3n) is 2.51. The van der Waals surface area contributed by atoms with E-state index in [2.05, 4.69) is 21.9 Å². The minimum atomic E-state index is -0.210. The maximum absolute atomic E-state index is 11.8. The number of thioether (sulfide) groups is 1. The number of nitrogens with one attached hydrogen (secondary N) is 2. The van der Waals surface area contributed by atoms with Crippen molar-refractivity contribution in [3.05, 3.63) is 34.3 Å². The van der Waals surface area contributed by atoms with Gasteiger partial charge in [-0.25, -0.2) is 4.98 Å². The van der Waals surface area contributed by atoms with E-state index in [1.165, 1.54) is 17.8 Å². The molecule has 1 atom stereocenters. The van der Waals surface area contributed by atoms with Gasteiger partial charge in [-0.05, 0) is 19.6 Å². The molecule has 1 aromatic heterocycles. The zero-order valence-electron chi connectivity index (χ0n) is 11.4. The van der Waals surface area contributed by atoms with Crippen molar-refractivity contribution < 1.29 is 4.79 Å². The lowest BCUT2D eigenvalue weighted by atomic mass is 10.0. The highest BCUT2D eigenvalue weighted by Crippen LogP contribution is 2.09. The Labute approximate surface area is 116 Å².